The van der Waals surface area contributed by atoms with Crippen LogP contribution in [0.5, 0.6) is 0 Å². The molecule has 0 N–H and O–H groups in total. The Hall–Kier alpha value is -2.35. The molecule has 3 aliphatic rings. The number of hydrogen-bond donors (Lipinski definition) is 0. The van der Waals surface area contributed by atoms with E-state index < -0.39 is 26.6 Å². The quantitative estimate of drug-likeness (QED) is 0.584. The van der Waals surface area contributed by atoms with Gasteiger partial charge in [-0.15, -0.1) is 0 Å². The number of Topliss-reactive ketones (excluding diaryl/α,β-unsaturated/α-hetero) is 1. The number of carbonyl (C=O) groups is 1. The highest BCUT2D eigenvalue weighted by Gasteiger charge is 2.46. The Bertz CT molecular complexity index is 977. The van der Waals surface area contributed by atoms with Gasteiger partial charge in [-0.1, -0.05) is 12.1 Å². The SMILES string of the molecule is O=C1CCCC2=NC3=C(C(c4cccc([N+](=O)[O-])c4)C12)S(=O)(=O)CCC3. The third-order valence-corrected chi connectivity index (χ3v) is 7.33. The first-order chi connectivity index (χ1) is 12.4. The second kappa shape index (κ2) is 6.12. The van der Waals surface area contributed by atoms with E-state index >= 15 is 0 Å². The average Bonchev–Trinajstić information content (AvgIpc) is 2.60. The lowest BCUT2D eigenvalue weighted by molar-refractivity contribution is -0.384. The maximum Gasteiger partial charge on any atom is 0.269 e. The van der Waals surface area contributed by atoms with Crippen LogP contribution in [0.3, 0.4) is 0 Å². The second-order valence-corrected chi connectivity index (χ2v) is 9.04. The summed E-state index contributed by atoms with van der Waals surface area (Å²) in [5.41, 5.74) is 1.66. The van der Waals surface area contributed by atoms with E-state index in [-0.39, 0.29) is 22.1 Å². The molecule has 0 spiro atoms. The molecule has 0 amide bonds. The van der Waals surface area contributed by atoms with Gasteiger partial charge < -0.3 is 0 Å². The van der Waals surface area contributed by atoms with Crippen LogP contribution in [0.1, 0.15) is 43.6 Å². The minimum Gasteiger partial charge on any atom is -0.299 e. The van der Waals surface area contributed by atoms with Crippen molar-refractivity contribution in [1.82, 2.24) is 0 Å². The Labute approximate surface area is 150 Å². The van der Waals surface area contributed by atoms with Gasteiger partial charge in [0.1, 0.15) is 5.78 Å². The third-order valence-electron chi connectivity index (χ3n) is 5.34. The molecule has 2 heterocycles. The first-order valence-electron chi connectivity index (χ1n) is 8.69. The summed E-state index contributed by atoms with van der Waals surface area (Å²) in [6.07, 6.45) is 2.84. The van der Waals surface area contributed by atoms with Gasteiger partial charge in [0.25, 0.3) is 5.69 Å². The number of nitro benzene ring substituents is 1. The summed E-state index contributed by atoms with van der Waals surface area (Å²) in [5.74, 6) is -1.32. The molecule has 0 bridgehead atoms. The first kappa shape index (κ1) is 17.1. The molecule has 2 atom stereocenters. The Kier molecular flexibility index (Phi) is 4.02. The van der Waals surface area contributed by atoms with Crippen molar-refractivity contribution in [2.75, 3.05) is 5.75 Å². The smallest absolute Gasteiger partial charge is 0.269 e. The highest BCUT2D eigenvalue weighted by molar-refractivity contribution is 7.95. The van der Waals surface area contributed by atoms with Crippen LogP contribution in [-0.2, 0) is 14.6 Å². The van der Waals surface area contributed by atoms with Crippen LogP contribution in [0, 0.1) is 16.0 Å². The molecule has 1 aromatic carbocycles. The van der Waals surface area contributed by atoms with Crippen molar-refractivity contribution in [3.05, 3.63) is 50.5 Å². The van der Waals surface area contributed by atoms with Gasteiger partial charge in [-0.2, -0.15) is 0 Å². The molecule has 1 saturated carbocycles. The zero-order chi connectivity index (χ0) is 18.5. The summed E-state index contributed by atoms with van der Waals surface area (Å²) in [4.78, 5) is 28.1. The maximum absolute atomic E-state index is 12.8. The minimum absolute atomic E-state index is 0.0289. The molecule has 0 radical (unpaired) electrons. The van der Waals surface area contributed by atoms with E-state index in [1.807, 2.05) is 0 Å². The first-order valence-corrected chi connectivity index (χ1v) is 10.3. The number of allylic oxidation sites excluding steroid dienone is 2. The van der Waals surface area contributed by atoms with E-state index in [4.69, 9.17) is 0 Å². The standard InChI is InChI=1S/C18H18N2O5S/c21-15-8-2-6-13-17(15)16(11-4-1-5-12(10-11)20(22)23)18-14(19-13)7-3-9-26(18,24)25/h1,4-5,10,16-17H,2-3,6-9H2. The summed E-state index contributed by atoms with van der Waals surface area (Å²) in [6.45, 7) is 0. The van der Waals surface area contributed by atoms with E-state index in [9.17, 15) is 23.3 Å². The van der Waals surface area contributed by atoms with Gasteiger partial charge in [-0.3, -0.25) is 19.9 Å². The van der Waals surface area contributed by atoms with Gasteiger partial charge in [0.2, 0.25) is 0 Å². The Morgan fingerprint density at radius 2 is 1.92 bits per heavy atom. The van der Waals surface area contributed by atoms with Crippen molar-refractivity contribution in [1.29, 1.82) is 0 Å². The van der Waals surface area contributed by atoms with Crippen molar-refractivity contribution >= 4 is 27.0 Å². The lowest BCUT2D eigenvalue weighted by Gasteiger charge is -2.37. The molecule has 26 heavy (non-hydrogen) atoms. The van der Waals surface area contributed by atoms with E-state index in [0.29, 0.717) is 43.4 Å². The predicted molar refractivity (Wildman–Crippen MR) is 95.7 cm³/mol. The molecule has 1 fully saturated rings. The van der Waals surface area contributed by atoms with Crippen LogP contribution in [0.25, 0.3) is 0 Å². The molecule has 1 aromatic rings. The zero-order valence-corrected chi connectivity index (χ0v) is 14.9. The summed E-state index contributed by atoms with van der Waals surface area (Å²) >= 11 is 0. The molecule has 0 aromatic heterocycles. The number of carbonyl (C=O) groups excluding carboxylic acids is 1. The number of hydrogen-bond acceptors (Lipinski definition) is 6. The fourth-order valence-electron chi connectivity index (χ4n) is 4.27. The van der Waals surface area contributed by atoms with Crippen LogP contribution < -0.4 is 0 Å². The molecular weight excluding hydrogens is 356 g/mol. The van der Waals surface area contributed by atoms with Gasteiger partial charge in [0.15, 0.2) is 9.84 Å². The number of fused-ring (bicyclic) bond motifs is 1. The second-order valence-electron chi connectivity index (χ2n) is 6.96. The fraction of sp³-hybridized carbons (Fsp3) is 0.444. The third kappa shape index (κ3) is 2.68. The summed E-state index contributed by atoms with van der Waals surface area (Å²) < 4.78 is 25.7. The molecule has 136 valence electrons. The number of sulfone groups is 1. The van der Waals surface area contributed by atoms with E-state index in [2.05, 4.69) is 4.99 Å². The van der Waals surface area contributed by atoms with Crippen molar-refractivity contribution in [2.45, 2.75) is 38.0 Å². The topological polar surface area (TPSA) is 107 Å². The number of rotatable bonds is 2. The van der Waals surface area contributed by atoms with Crippen molar-refractivity contribution in [3.63, 3.8) is 0 Å². The number of ketones is 1. The molecule has 2 aliphatic heterocycles. The van der Waals surface area contributed by atoms with Crippen LogP contribution in [0.2, 0.25) is 0 Å². The lowest BCUT2D eigenvalue weighted by atomic mass is 9.72. The maximum atomic E-state index is 12.8. The van der Waals surface area contributed by atoms with Gasteiger partial charge in [-0.25, -0.2) is 8.42 Å². The van der Waals surface area contributed by atoms with E-state index in [0.717, 1.165) is 5.71 Å². The highest BCUT2D eigenvalue weighted by Crippen LogP contribution is 2.47. The van der Waals surface area contributed by atoms with Gasteiger partial charge in [-0.05, 0) is 31.2 Å². The van der Waals surface area contributed by atoms with Crippen LogP contribution >= 0.6 is 0 Å². The van der Waals surface area contributed by atoms with Gasteiger partial charge in [0.05, 0.1) is 27.2 Å². The van der Waals surface area contributed by atoms with E-state index in [1.54, 1.807) is 12.1 Å². The van der Waals surface area contributed by atoms with Crippen molar-refractivity contribution in [2.24, 2.45) is 10.9 Å². The molecule has 4 rings (SSSR count). The molecule has 8 heteroatoms. The number of nitro groups is 1. The van der Waals surface area contributed by atoms with Gasteiger partial charge >= 0.3 is 0 Å². The molecule has 1 aliphatic carbocycles. The normalized spacial score (nSPS) is 27.4. The summed E-state index contributed by atoms with van der Waals surface area (Å²) in [7, 11) is -3.54. The van der Waals surface area contributed by atoms with Crippen molar-refractivity contribution < 1.29 is 18.1 Å². The van der Waals surface area contributed by atoms with E-state index in [1.165, 1.54) is 12.1 Å². The lowest BCUT2D eigenvalue weighted by Crippen LogP contribution is -2.40. The number of aliphatic imine (C=N–C) groups is 1. The molecule has 2 unspecified atom stereocenters. The minimum atomic E-state index is -3.54. The van der Waals surface area contributed by atoms with Crippen LogP contribution in [0.4, 0.5) is 5.69 Å². The summed E-state index contributed by atoms with van der Waals surface area (Å²) in [6, 6.07) is 5.98. The molecule has 7 nitrogen and oxygen atoms in total. The Balaban J connectivity index is 1.95. The van der Waals surface area contributed by atoms with Gasteiger partial charge in [0, 0.05) is 30.2 Å². The average molecular weight is 374 g/mol. The largest absolute Gasteiger partial charge is 0.299 e. The Morgan fingerprint density at radius 3 is 2.69 bits per heavy atom. The molecular formula is C18H18N2O5S. The Morgan fingerprint density at radius 1 is 1.12 bits per heavy atom. The zero-order valence-electron chi connectivity index (χ0n) is 14.1. The van der Waals surface area contributed by atoms with Crippen molar-refractivity contribution in [3.8, 4) is 0 Å². The molecule has 0 saturated heterocycles. The number of nitrogens with zero attached hydrogens (tertiary/aromatic N) is 2. The predicted octanol–water partition coefficient (Wildman–Crippen LogP) is 2.92. The fourth-order valence-corrected chi connectivity index (χ4v) is 6.18. The van der Waals surface area contributed by atoms with Crippen LogP contribution in [0.15, 0.2) is 39.9 Å². The highest BCUT2D eigenvalue weighted by atomic mass is 32.2. The van der Waals surface area contributed by atoms with Crippen LogP contribution in [-0.4, -0.2) is 30.6 Å². The monoisotopic (exact) mass is 374 g/mol. The number of benzene rings is 1. The number of non-ortho nitro benzene ring substituents is 1. The summed E-state index contributed by atoms with van der Waals surface area (Å²) in [5, 5.41) is 11.2.